The lowest BCUT2D eigenvalue weighted by molar-refractivity contribution is -0.114. The molecule has 3 N–H and O–H groups in total. The largest absolute Gasteiger partial charge is 0.326 e. The second-order valence-corrected chi connectivity index (χ2v) is 9.72. The Morgan fingerprint density at radius 1 is 1.23 bits per heavy atom. The minimum Gasteiger partial charge on any atom is -0.326 e. The van der Waals surface area contributed by atoms with Gasteiger partial charge in [0.1, 0.15) is 10.7 Å². The molecule has 2 heterocycles. The smallest absolute Gasteiger partial charge is 0.259 e. The number of H-pyrrole nitrogens is 1. The maximum Gasteiger partial charge on any atom is 0.259 e. The normalized spacial score (nSPS) is 13.1. The van der Waals surface area contributed by atoms with Crippen LogP contribution in [0.4, 0.5) is 11.4 Å². The summed E-state index contributed by atoms with van der Waals surface area (Å²) in [6, 6.07) is 5.39. The summed E-state index contributed by atoms with van der Waals surface area (Å²) >= 11 is 3.02. The van der Waals surface area contributed by atoms with E-state index in [9.17, 15) is 14.4 Å². The number of nitrogens with zero attached hydrogens (tertiary/aromatic N) is 1. The van der Waals surface area contributed by atoms with E-state index >= 15 is 0 Å². The number of rotatable bonds is 6. The van der Waals surface area contributed by atoms with Gasteiger partial charge in [0, 0.05) is 23.2 Å². The molecule has 4 rings (SSSR count). The van der Waals surface area contributed by atoms with Crippen molar-refractivity contribution in [1.82, 2.24) is 9.97 Å². The molecule has 0 spiro atoms. The van der Waals surface area contributed by atoms with Crippen LogP contribution in [0.15, 0.2) is 23.0 Å². The summed E-state index contributed by atoms with van der Waals surface area (Å²) in [6.07, 6.45) is 4.28. The molecule has 2 amide bonds. The molecule has 31 heavy (non-hydrogen) atoms. The van der Waals surface area contributed by atoms with Crippen molar-refractivity contribution in [3.63, 3.8) is 0 Å². The minimum atomic E-state index is -0.160. The number of thiophene rings is 1. The molecule has 0 saturated carbocycles. The molecule has 0 bridgehead atoms. The van der Waals surface area contributed by atoms with Crippen LogP contribution >= 0.6 is 23.1 Å². The van der Waals surface area contributed by atoms with Crippen LogP contribution in [0.25, 0.3) is 10.2 Å². The van der Waals surface area contributed by atoms with Crippen LogP contribution in [0.3, 0.4) is 0 Å². The number of benzene rings is 1. The number of hydrogen-bond donors (Lipinski definition) is 3. The molecule has 1 aliphatic rings. The van der Waals surface area contributed by atoms with Gasteiger partial charge in [-0.3, -0.25) is 14.4 Å². The Morgan fingerprint density at radius 2 is 2.03 bits per heavy atom. The molecular weight excluding hydrogens is 432 g/mol. The number of aromatic amines is 1. The van der Waals surface area contributed by atoms with Crippen LogP contribution in [0.5, 0.6) is 0 Å². The van der Waals surface area contributed by atoms with Gasteiger partial charge in [-0.15, -0.1) is 23.1 Å². The van der Waals surface area contributed by atoms with E-state index in [0.717, 1.165) is 35.0 Å². The van der Waals surface area contributed by atoms with E-state index in [2.05, 4.69) is 20.6 Å². The maximum atomic E-state index is 12.6. The number of hydrogen-bond acceptors (Lipinski definition) is 6. The highest BCUT2D eigenvalue weighted by Crippen LogP contribution is 2.33. The molecule has 0 radical (unpaired) electrons. The van der Waals surface area contributed by atoms with E-state index in [4.69, 9.17) is 0 Å². The zero-order valence-corrected chi connectivity index (χ0v) is 19.1. The number of aryl methyl sites for hydroxylation is 3. The lowest BCUT2D eigenvalue weighted by Crippen LogP contribution is -2.16. The number of anilines is 2. The number of carbonyl (C=O) groups is 2. The Kier molecular flexibility index (Phi) is 6.43. The first-order valence-electron chi connectivity index (χ1n) is 10.2. The molecule has 9 heteroatoms. The SMILES string of the molecule is CC(=O)Nc1cc(NC(=O)CSCc2nc3sc4c(c3c(=O)[nH]2)CCCC4)ccc1C. The van der Waals surface area contributed by atoms with Gasteiger partial charge >= 0.3 is 0 Å². The second-order valence-electron chi connectivity index (χ2n) is 7.66. The van der Waals surface area contributed by atoms with Gasteiger partial charge in [-0.05, 0) is 55.9 Å². The van der Waals surface area contributed by atoms with E-state index in [1.165, 1.54) is 35.5 Å². The Labute approximate surface area is 188 Å². The van der Waals surface area contributed by atoms with Crippen molar-refractivity contribution in [2.75, 3.05) is 16.4 Å². The van der Waals surface area contributed by atoms with Crippen LogP contribution in [0.2, 0.25) is 0 Å². The molecule has 0 saturated heterocycles. The van der Waals surface area contributed by atoms with Crippen molar-refractivity contribution in [1.29, 1.82) is 0 Å². The van der Waals surface area contributed by atoms with E-state index in [0.29, 0.717) is 23.0 Å². The Morgan fingerprint density at radius 3 is 2.84 bits per heavy atom. The minimum absolute atomic E-state index is 0.0744. The molecule has 0 unspecified atom stereocenters. The van der Waals surface area contributed by atoms with Crippen LogP contribution in [-0.2, 0) is 28.2 Å². The molecule has 0 atom stereocenters. The van der Waals surface area contributed by atoms with E-state index in [1.54, 1.807) is 23.5 Å². The fourth-order valence-corrected chi connectivity index (χ4v) is 5.71. The highest BCUT2D eigenvalue weighted by molar-refractivity contribution is 7.99. The standard InChI is InChI=1S/C22H24N4O3S2/c1-12-7-8-14(9-16(12)23-13(2)27)24-19(28)11-30-10-18-25-21(29)20-15-5-3-4-6-17(15)31-22(20)26-18/h7-9H,3-6,10-11H2,1-2H3,(H,23,27)(H,24,28)(H,25,26,29). The third-order valence-electron chi connectivity index (χ3n) is 5.18. The quantitative estimate of drug-likeness (QED) is 0.520. The van der Waals surface area contributed by atoms with Gasteiger partial charge < -0.3 is 15.6 Å². The highest BCUT2D eigenvalue weighted by Gasteiger charge is 2.19. The number of nitrogens with one attached hydrogen (secondary N) is 3. The second kappa shape index (κ2) is 9.23. The number of thioether (sulfide) groups is 1. The van der Waals surface area contributed by atoms with Gasteiger partial charge in [0.15, 0.2) is 0 Å². The first-order chi connectivity index (χ1) is 14.9. The molecule has 3 aromatic rings. The molecule has 1 aromatic carbocycles. The van der Waals surface area contributed by atoms with Gasteiger partial charge in [-0.1, -0.05) is 6.07 Å². The number of amides is 2. The third-order valence-corrected chi connectivity index (χ3v) is 7.31. The third kappa shape index (κ3) is 4.99. The predicted molar refractivity (Wildman–Crippen MR) is 127 cm³/mol. The van der Waals surface area contributed by atoms with Crippen LogP contribution in [0, 0.1) is 6.92 Å². The highest BCUT2D eigenvalue weighted by atomic mass is 32.2. The zero-order chi connectivity index (χ0) is 22.0. The molecule has 0 aliphatic heterocycles. The molecule has 7 nitrogen and oxygen atoms in total. The molecule has 162 valence electrons. The van der Waals surface area contributed by atoms with Gasteiger partial charge in [0.2, 0.25) is 11.8 Å². The van der Waals surface area contributed by atoms with Crippen LogP contribution in [0.1, 0.15) is 41.6 Å². The molecular formula is C22H24N4O3S2. The van der Waals surface area contributed by atoms with E-state index < -0.39 is 0 Å². The number of aromatic nitrogens is 2. The topological polar surface area (TPSA) is 104 Å². The molecule has 0 fully saturated rings. The average molecular weight is 457 g/mol. The summed E-state index contributed by atoms with van der Waals surface area (Å²) in [5.41, 5.74) is 3.32. The van der Waals surface area contributed by atoms with Gasteiger partial charge in [0.05, 0.1) is 16.9 Å². The summed E-state index contributed by atoms with van der Waals surface area (Å²) in [7, 11) is 0. The Bertz CT molecular complexity index is 1220. The Balaban J connectivity index is 1.37. The summed E-state index contributed by atoms with van der Waals surface area (Å²) < 4.78 is 0. The molecule has 2 aromatic heterocycles. The number of fused-ring (bicyclic) bond motifs is 3. The van der Waals surface area contributed by atoms with E-state index in [-0.39, 0.29) is 23.1 Å². The summed E-state index contributed by atoms with van der Waals surface area (Å²) in [5.74, 6) is 0.958. The van der Waals surface area contributed by atoms with Crippen LogP contribution in [-0.4, -0.2) is 27.5 Å². The summed E-state index contributed by atoms with van der Waals surface area (Å²) in [6.45, 7) is 3.34. The monoisotopic (exact) mass is 456 g/mol. The lowest BCUT2D eigenvalue weighted by Gasteiger charge is -2.10. The van der Waals surface area contributed by atoms with E-state index in [1.807, 2.05) is 13.0 Å². The van der Waals surface area contributed by atoms with Crippen molar-refractivity contribution in [2.24, 2.45) is 0 Å². The van der Waals surface area contributed by atoms with Crippen molar-refractivity contribution in [2.45, 2.75) is 45.3 Å². The van der Waals surface area contributed by atoms with Crippen molar-refractivity contribution in [3.05, 3.63) is 50.4 Å². The van der Waals surface area contributed by atoms with Crippen LogP contribution < -0.4 is 16.2 Å². The van der Waals surface area contributed by atoms with Crippen molar-refractivity contribution < 1.29 is 9.59 Å². The summed E-state index contributed by atoms with van der Waals surface area (Å²) in [4.78, 5) is 45.9. The predicted octanol–water partition coefficient (Wildman–Crippen LogP) is 4.00. The lowest BCUT2D eigenvalue weighted by atomic mass is 9.97. The zero-order valence-electron chi connectivity index (χ0n) is 17.5. The Hall–Kier alpha value is -2.65. The molecule has 1 aliphatic carbocycles. The average Bonchev–Trinajstić information content (AvgIpc) is 3.09. The van der Waals surface area contributed by atoms with Crippen molar-refractivity contribution >= 4 is 56.5 Å². The van der Waals surface area contributed by atoms with Crippen molar-refractivity contribution in [3.8, 4) is 0 Å². The fourth-order valence-electron chi connectivity index (χ4n) is 3.74. The first kappa shape index (κ1) is 21.6. The van der Waals surface area contributed by atoms with Gasteiger partial charge in [-0.25, -0.2) is 4.98 Å². The number of carbonyl (C=O) groups excluding carboxylic acids is 2. The maximum absolute atomic E-state index is 12.6. The van der Waals surface area contributed by atoms with Gasteiger partial charge in [0.25, 0.3) is 5.56 Å². The van der Waals surface area contributed by atoms with Gasteiger partial charge in [-0.2, -0.15) is 0 Å². The summed E-state index contributed by atoms with van der Waals surface area (Å²) in [5, 5.41) is 6.34. The fraction of sp³-hybridized carbons (Fsp3) is 0.364. The first-order valence-corrected chi connectivity index (χ1v) is 12.2.